The van der Waals surface area contributed by atoms with Crippen LogP contribution in [0, 0.1) is 6.92 Å². The molecule has 4 aromatic rings. The van der Waals surface area contributed by atoms with E-state index in [0.717, 1.165) is 16.0 Å². The van der Waals surface area contributed by atoms with Gasteiger partial charge in [-0.25, -0.2) is 0 Å². The van der Waals surface area contributed by atoms with Crippen molar-refractivity contribution < 1.29 is 14.4 Å². The highest BCUT2D eigenvalue weighted by Crippen LogP contribution is 2.27. The number of nitrogens with one attached hydrogen (secondary N) is 3. The predicted octanol–water partition coefficient (Wildman–Crippen LogP) is 7.83. The highest BCUT2D eigenvalue weighted by atomic mass is 35.5. The topological polar surface area (TPSA) is 87.3 Å². The van der Waals surface area contributed by atoms with Crippen molar-refractivity contribution in [3.05, 3.63) is 129 Å². The van der Waals surface area contributed by atoms with Gasteiger partial charge in [-0.3, -0.25) is 14.4 Å². The molecule has 0 heterocycles. The van der Waals surface area contributed by atoms with Gasteiger partial charge < -0.3 is 16.0 Å². The van der Waals surface area contributed by atoms with Gasteiger partial charge in [-0.1, -0.05) is 71.2 Å². The summed E-state index contributed by atoms with van der Waals surface area (Å²) in [6.45, 7) is 3.75. The van der Waals surface area contributed by atoms with Crippen molar-refractivity contribution in [2.45, 2.75) is 24.0 Å². The molecule has 0 spiro atoms. The number of benzene rings is 4. The van der Waals surface area contributed by atoms with E-state index in [2.05, 4.69) is 16.0 Å². The van der Waals surface area contributed by atoms with E-state index in [0.29, 0.717) is 27.0 Å². The molecule has 3 N–H and O–H groups in total. The number of halogens is 2. The normalized spacial score (nSPS) is 11.9. The molecule has 0 bridgehead atoms. The fourth-order valence-electron chi connectivity index (χ4n) is 3.81. The van der Waals surface area contributed by atoms with Crippen LogP contribution >= 0.6 is 35.0 Å². The maximum Gasteiger partial charge on any atom is 0.272 e. The van der Waals surface area contributed by atoms with Gasteiger partial charge in [0.25, 0.3) is 11.8 Å². The quantitative estimate of drug-likeness (QED) is 0.134. The maximum atomic E-state index is 13.3. The van der Waals surface area contributed by atoms with E-state index in [1.807, 2.05) is 49.4 Å². The molecule has 6 nitrogen and oxygen atoms in total. The number of thioether (sulfide) groups is 1. The maximum absolute atomic E-state index is 13.3. The molecular weight excluding hydrogens is 577 g/mol. The molecule has 9 heteroatoms. The van der Waals surface area contributed by atoms with E-state index in [4.69, 9.17) is 23.2 Å². The van der Waals surface area contributed by atoms with Crippen molar-refractivity contribution in [3.63, 3.8) is 0 Å². The zero-order valence-corrected chi connectivity index (χ0v) is 24.6. The highest BCUT2D eigenvalue weighted by molar-refractivity contribution is 8.00. The van der Waals surface area contributed by atoms with Crippen LogP contribution in [0.5, 0.6) is 0 Å². The summed E-state index contributed by atoms with van der Waals surface area (Å²) in [5, 5.41) is 8.86. The Bertz CT molecular complexity index is 1570. The van der Waals surface area contributed by atoms with E-state index >= 15 is 0 Å². The van der Waals surface area contributed by atoms with Crippen molar-refractivity contribution in [1.82, 2.24) is 5.32 Å². The van der Waals surface area contributed by atoms with Gasteiger partial charge in [-0.05, 0) is 80.1 Å². The molecule has 0 aliphatic carbocycles. The second-order valence-corrected chi connectivity index (χ2v) is 11.5. The first-order chi connectivity index (χ1) is 19.7. The Morgan fingerprint density at radius 3 is 2.12 bits per heavy atom. The van der Waals surface area contributed by atoms with Crippen molar-refractivity contribution in [2.24, 2.45) is 0 Å². The molecule has 0 radical (unpaired) electrons. The molecule has 41 heavy (non-hydrogen) atoms. The number of carbonyl (C=O) groups is 3. The SMILES string of the molecule is Cc1cccc(/C=C(\NC(=O)c2ccccc2)C(=O)Nc2ccc(SC(C)C(=O)Nc3cc(Cl)cc(Cl)c3)cc2)c1. The summed E-state index contributed by atoms with van der Waals surface area (Å²) in [4.78, 5) is 39.6. The number of anilines is 2. The van der Waals surface area contributed by atoms with Gasteiger partial charge >= 0.3 is 0 Å². The molecule has 0 saturated carbocycles. The average molecular weight is 605 g/mol. The van der Waals surface area contributed by atoms with E-state index in [-0.39, 0.29) is 11.6 Å². The zero-order chi connectivity index (χ0) is 29.4. The Labute approximate surface area is 253 Å². The summed E-state index contributed by atoms with van der Waals surface area (Å²) in [6.07, 6.45) is 1.64. The molecule has 0 saturated heterocycles. The third-order valence-electron chi connectivity index (χ3n) is 5.81. The number of amides is 3. The Morgan fingerprint density at radius 2 is 1.46 bits per heavy atom. The van der Waals surface area contributed by atoms with Gasteiger partial charge in [0.05, 0.1) is 5.25 Å². The second kappa shape index (κ2) is 14.0. The summed E-state index contributed by atoms with van der Waals surface area (Å²) in [6, 6.07) is 28.3. The van der Waals surface area contributed by atoms with Gasteiger partial charge in [0.1, 0.15) is 5.70 Å². The Hall–Kier alpha value is -4.04. The van der Waals surface area contributed by atoms with Crippen LogP contribution in [0.2, 0.25) is 10.0 Å². The van der Waals surface area contributed by atoms with Crippen molar-refractivity contribution >= 4 is 70.1 Å². The van der Waals surface area contributed by atoms with Crippen LogP contribution in [-0.4, -0.2) is 23.0 Å². The average Bonchev–Trinajstić information content (AvgIpc) is 2.93. The Balaban J connectivity index is 1.43. The fraction of sp³-hybridized carbons (Fsp3) is 0.0938. The number of hydrogen-bond acceptors (Lipinski definition) is 4. The van der Waals surface area contributed by atoms with Gasteiger partial charge in [-0.15, -0.1) is 11.8 Å². The highest BCUT2D eigenvalue weighted by Gasteiger charge is 2.17. The molecule has 0 aromatic heterocycles. The van der Waals surface area contributed by atoms with Crippen LogP contribution in [0.25, 0.3) is 6.08 Å². The second-order valence-electron chi connectivity index (χ2n) is 9.18. The molecule has 208 valence electrons. The summed E-state index contributed by atoms with van der Waals surface area (Å²) in [5.74, 6) is -1.06. The lowest BCUT2D eigenvalue weighted by atomic mass is 10.1. The molecule has 1 unspecified atom stereocenters. The third-order valence-corrected chi connectivity index (χ3v) is 7.35. The first-order valence-corrected chi connectivity index (χ1v) is 14.3. The number of aryl methyl sites for hydroxylation is 1. The van der Waals surface area contributed by atoms with E-state index in [9.17, 15) is 14.4 Å². The van der Waals surface area contributed by atoms with Gasteiger partial charge in [0.15, 0.2) is 0 Å². The molecule has 0 aliphatic heterocycles. The van der Waals surface area contributed by atoms with Crippen LogP contribution < -0.4 is 16.0 Å². The number of carbonyl (C=O) groups excluding carboxylic acids is 3. The van der Waals surface area contributed by atoms with Gasteiger partial charge in [0.2, 0.25) is 5.91 Å². The van der Waals surface area contributed by atoms with Gasteiger partial charge in [0, 0.05) is 31.9 Å². The first kappa shape index (κ1) is 29.9. The van der Waals surface area contributed by atoms with Crippen molar-refractivity contribution in [2.75, 3.05) is 10.6 Å². The molecule has 3 amide bonds. The lowest BCUT2D eigenvalue weighted by Crippen LogP contribution is -2.30. The summed E-state index contributed by atoms with van der Waals surface area (Å²) in [7, 11) is 0. The van der Waals surface area contributed by atoms with E-state index in [1.54, 1.807) is 67.6 Å². The minimum absolute atomic E-state index is 0.106. The zero-order valence-electron chi connectivity index (χ0n) is 22.3. The van der Waals surface area contributed by atoms with Gasteiger partial charge in [-0.2, -0.15) is 0 Å². The first-order valence-electron chi connectivity index (χ1n) is 12.7. The van der Waals surface area contributed by atoms with E-state index in [1.165, 1.54) is 11.8 Å². The van der Waals surface area contributed by atoms with Crippen LogP contribution in [-0.2, 0) is 9.59 Å². The summed E-state index contributed by atoms with van der Waals surface area (Å²) >= 11 is 13.4. The molecule has 0 fully saturated rings. The summed E-state index contributed by atoms with van der Waals surface area (Å²) in [5.41, 5.74) is 3.41. The van der Waals surface area contributed by atoms with Crippen molar-refractivity contribution in [3.8, 4) is 0 Å². The predicted molar refractivity (Wildman–Crippen MR) is 169 cm³/mol. The standard InChI is InChI=1S/C32H27Cl2N3O3S/c1-20-7-6-8-22(15-20)16-29(37-31(39)23-9-4-3-5-10-23)32(40)35-26-11-13-28(14-12-26)41-21(2)30(38)36-27-18-24(33)17-25(34)19-27/h3-19,21H,1-2H3,(H,35,40)(H,36,38)(H,37,39)/b29-16-. The third kappa shape index (κ3) is 8.98. The largest absolute Gasteiger partial charge is 0.325 e. The Kier molecular flexibility index (Phi) is 10.2. The van der Waals surface area contributed by atoms with Crippen molar-refractivity contribution in [1.29, 1.82) is 0 Å². The number of hydrogen-bond donors (Lipinski definition) is 3. The smallest absolute Gasteiger partial charge is 0.272 e. The summed E-state index contributed by atoms with van der Waals surface area (Å²) < 4.78 is 0. The minimum Gasteiger partial charge on any atom is -0.325 e. The lowest BCUT2D eigenvalue weighted by Gasteiger charge is -2.14. The van der Waals surface area contributed by atoms with Crippen LogP contribution in [0.4, 0.5) is 11.4 Å². The molecule has 4 rings (SSSR count). The molecule has 1 atom stereocenters. The van der Waals surface area contributed by atoms with Crippen LogP contribution in [0.1, 0.15) is 28.4 Å². The van der Waals surface area contributed by atoms with Crippen LogP contribution in [0.15, 0.2) is 108 Å². The monoisotopic (exact) mass is 603 g/mol. The van der Waals surface area contributed by atoms with E-state index < -0.39 is 17.1 Å². The molecule has 0 aliphatic rings. The number of rotatable bonds is 9. The molecular formula is C32H27Cl2N3O3S. The molecule has 4 aromatic carbocycles. The van der Waals surface area contributed by atoms with Crippen LogP contribution in [0.3, 0.4) is 0 Å². The lowest BCUT2D eigenvalue weighted by molar-refractivity contribution is -0.115. The Morgan fingerprint density at radius 1 is 0.780 bits per heavy atom. The fourth-order valence-corrected chi connectivity index (χ4v) is 5.21. The minimum atomic E-state index is -0.468.